The molecule has 0 amide bonds. The number of halogens is 1. The van der Waals surface area contributed by atoms with Crippen LogP contribution in [0.15, 0.2) is 36.4 Å². The molecule has 2 aromatic carbocycles. The summed E-state index contributed by atoms with van der Waals surface area (Å²) in [6.45, 7) is 3.16. The van der Waals surface area contributed by atoms with Gasteiger partial charge >= 0.3 is 0 Å². The molecule has 2 N–H and O–H groups in total. The van der Waals surface area contributed by atoms with Crippen molar-refractivity contribution in [1.82, 2.24) is 4.90 Å². The van der Waals surface area contributed by atoms with Gasteiger partial charge in [-0.3, -0.25) is 14.5 Å². The van der Waals surface area contributed by atoms with Gasteiger partial charge in [-0.1, -0.05) is 24.3 Å². The SMILES string of the molecule is Cl.O=C1c2ccccc2C(=O)c2c(OCC(O)CN3CCOCC3)ccc(O)c21. The number of carbonyl (C=O) groups is 2. The minimum absolute atomic E-state index is 0. The summed E-state index contributed by atoms with van der Waals surface area (Å²) >= 11 is 0. The molecule has 1 unspecified atom stereocenters. The normalized spacial score (nSPS) is 17.1. The van der Waals surface area contributed by atoms with Crippen molar-refractivity contribution in [2.24, 2.45) is 0 Å². The Morgan fingerprint density at radius 3 is 2.28 bits per heavy atom. The standard InChI is InChI=1S/C21H21NO6.ClH/c23-13(11-22-7-9-27-10-8-22)12-28-17-6-5-16(24)18-19(17)21(26)15-4-2-1-3-14(15)20(18)25;/h1-6,13,23-24H,7-12H2;1H. The molecule has 0 bridgehead atoms. The summed E-state index contributed by atoms with van der Waals surface area (Å²) in [4.78, 5) is 27.8. The van der Waals surface area contributed by atoms with Crippen LogP contribution < -0.4 is 4.74 Å². The molecule has 0 spiro atoms. The van der Waals surface area contributed by atoms with Gasteiger partial charge in [-0.05, 0) is 12.1 Å². The van der Waals surface area contributed by atoms with Gasteiger partial charge in [0, 0.05) is 30.8 Å². The number of rotatable bonds is 5. The summed E-state index contributed by atoms with van der Waals surface area (Å²) in [6, 6.07) is 9.30. The Kier molecular flexibility index (Phi) is 6.54. The van der Waals surface area contributed by atoms with Gasteiger partial charge in [-0.25, -0.2) is 0 Å². The third-order valence-corrected chi connectivity index (χ3v) is 5.02. The lowest BCUT2D eigenvalue weighted by molar-refractivity contribution is 0.00457. The fourth-order valence-electron chi connectivity index (χ4n) is 3.62. The number of carbonyl (C=O) groups excluding carboxylic acids is 2. The van der Waals surface area contributed by atoms with E-state index in [1.165, 1.54) is 12.1 Å². The number of ether oxygens (including phenoxy) is 2. The molecule has 1 aliphatic heterocycles. The number of hydrogen-bond acceptors (Lipinski definition) is 7. The zero-order valence-electron chi connectivity index (χ0n) is 15.7. The lowest BCUT2D eigenvalue weighted by Crippen LogP contribution is -2.42. The summed E-state index contributed by atoms with van der Waals surface area (Å²) in [7, 11) is 0. The highest BCUT2D eigenvalue weighted by Crippen LogP contribution is 2.38. The van der Waals surface area contributed by atoms with Crippen LogP contribution in [0.3, 0.4) is 0 Å². The van der Waals surface area contributed by atoms with Crippen molar-refractivity contribution in [3.05, 3.63) is 58.7 Å². The van der Waals surface area contributed by atoms with Gasteiger partial charge < -0.3 is 19.7 Å². The smallest absolute Gasteiger partial charge is 0.198 e. The number of hydrogen-bond donors (Lipinski definition) is 2. The Hall–Kier alpha value is -2.45. The van der Waals surface area contributed by atoms with Crippen LogP contribution in [0.4, 0.5) is 0 Å². The number of phenolic OH excluding ortho intramolecular Hbond substituents is 1. The molecular formula is C21H22ClNO6. The summed E-state index contributed by atoms with van der Waals surface area (Å²) in [6.07, 6.45) is -0.760. The van der Waals surface area contributed by atoms with E-state index in [2.05, 4.69) is 4.90 Å². The monoisotopic (exact) mass is 419 g/mol. The average Bonchev–Trinajstić information content (AvgIpc) is 2.71. The molecule has 2 aliphatic rings. The first-order valence-electron chi connectivity index (χ1n) is 9.21. The van der Waals surface area contributed by atoms with E-state index in [1.54, 1.807) is 24.3 Å². The molecule has 8 heteroatoms. The molecule has 1 heterocycles. The van der Waals surface area contributed by atoms with Crippen molar-refractivity contribution in [2.75, 3.05) is 39.5 Å². The quantitative estimate of drug-likeness (QED) is 0.649. The van der Waals surface area contributed by atoms with Crippen LogP contribution >= 0.6 is 12.4 Å². The Labute approximate surface area is 174 Å². The van der Waals surface area contributed by atoms with Gasteiger partial charge in [-0.15, -0.1) is 12.4 Å². The molecule has 1 atom stereocenters. The van der Waals surface area contributed by atoms with E-state index >= 15 is 0 Å². The number of aliphatic hydroxyl groups is 1. The second-order valence-electron chi connectivity index (χ2n) is 6.91. The van der Waals surface area contributed by atoms with Crippen LogP contribution in [0.1, 0.15) is 31.8 Å². The molecule has 154 valence electrons. The van der Waals surface area contributed by atoms with E-state index in [0.29, 0.717) is 19.8 Å². The highest BCUT2D eigenvalue weighted by Gasteiger charge is 2.34. The third kappa shape index (κ3) is 4.13. The lowest BCUT2D eigenvalue weighted by Gasteiger charge is -2.28. The van der Waals surface area contributed by atoms with Gasteiger partial charge in [0.15, 0.2) is 11.6 Å². The Balaban J connectivity index is 0.00000240. The van der Waals surface area contributed by atoms with E-state index in [-0.39, 0.29) is 58.5 Å². The van der Waals surface area contributed by atoms with Crippen molar-refractivity contribution in [1.29, 1.82) is 0 Å². The van der Waals surface area contributed by atoms with Gasteiger partial charge in [0.2, 0.25) is 0 Å². The number of ketones is 2. The number of nitrogens with zero attached hydrogens (tertiary/aromatic N) is 1. The number of benzene rings is 2. The number of fused-ring (bicyclic) bond motifs is 2. The van der Waals surface area contributed by atoms with Gasteiger partial charge in [0.1, 0.15) is 24.2 Å². The topological polar surface area (TPSA) is 96.3 Å². The highest BCUT2D eigenvalue weighted by molar-refractivity contribution is 6.30. The highest BCUT2D eigenvalue weighted by atomic mass is 35.5. The maximum absolute atomic E-state index is 13.0. The second kappa shape index (κ2) is 8.92. The van der Waals surface area contributed by atoms with Crippen LogP contribution in [0.5, 0.6) is 11.5 Å². The van der Waals surface area contributed by atoms with E-state index in [4.69, 9.17) is 9.47 Å². The zero-order valence-corrected chi connectivity index (χ0v) is 16.5. The van der Waals surface area contributed by atoms with Crippen molar-refractivity contribution in [3.8, 4) is 11.5 Å². The van der Waals surface area contributed by atoms with Crippen LogP contribution in [-0.4, -0.2) is 72.2 Å². The van der Waals surface area contributed by atoms with Crippen molar-refractivity contribution >= 4 is 24.0 Å². The fourth-order valence-corrected chi connectivity index (χ4v) is 3.62. The largest absolute Gasteiger partial charge is 0.507 e. The zero-order chi connectivity index (χ0) is 19.7. The van der Waals surface area contributed by atoms with E-state index in [9.17, 15) is 19.8 Å². The Morgan fingerprint density at radius 2 is 1.62 bits per heavy atom. The van der Waals surface area contributed by atoms with Crippen molar-refractivity contribution in [2.45, 2.75) is 6.10 Å². The number of morpholine rings is 1. The van der Waals surface area contributed by atoms with E-state index in [0.717, 1.165) is 13.1 Å². The molecule has 0 saturated carbocycles. The minimum Gasteiger partial charge on any atom is -0.507 e. The molecule has 2 aromatic rings. The van der Waals surface area contributed by atoms with E-state index in [1.807, 2.05) is 0 Å². The van der Waals surface area contributed by atoms with Gasteiger partial charge in [0.25, 0.3) is 0 Å². The maximum Gasteiger partial charge on any atom is 0.198 e. The van der Waals surface area contributed by atoms with Gasteiger partial charge in [-0.2, -0.15) is 0 Å². The maximum atomic E-state index is 13.0. The number of aliphatic hydroxyl groups excluding tert-OH is 1. The first-order valence-corrected chi connectivity index (χ1v) is 9.21. The molecule has 1 saturated heterocycles. The average molecular weight is 420 g/mol. The molecule has 29 heavy (non-hydrogen) atoms. The lowest BCUT2D eigenvalue weighted by atomic mass is 9.83. The molecule has 0 aromatic heterocycles. The van der Waals surface area contributed by atoms with Crippen LogP contribution in [0, 0.1) is 0 Å². The molecule has 1 aliphatic carbocycles. The van der Waals surface area contributed by atoms with Crippen molar-refractivity contribution in [3.63, 3.8) is 0 Å². The summed E-state index contributed by atoms with van der Waals surface area (Å²) in [5.74, 6) is -0.869. The Morgan fingerprint density at radius 1 is 1.00 bits per heavy atom. The van der Waals surface area contributed by atoms with Crippen LogP contribution in [0.2, 0.25) is 0 Å². The summed E-state index contributed by atoms with van der Waals surface area (Å²) < 4.78 is 11.0. The molecule has 0 radical (unpaired) electrons. The molecule has 7 nitrogen and oxygen atoms in total. The number of aromatic hydroxyl groups is 1. The predicted octanol–water partition coefficient (Wildman–Crippen LogP) is 1.66. The molecule has 1 fully saturated rings. The molecule has 4 rings (SSSR count). The first-order chi connectivity index (χ1) is 13.6. The fraction of sp³-hybridized carbons (Fsp3) is 0.333. The Bertz CT molecular complexity index is 925. The number of β-amino-alcohol motifs (C(OH)–C–C–N with tert-alkyl or cyclic N) is 1. The van der Waals surface area contributed by atoms with Gasteiger partial charge in [0.05, 0.1) is 24.3 Å². The summed E-state index contributed by atoms with van der Waals surface area (Å²) in [5.41, 5.74) is 0.537. The third-order valence-electron chi connectivity index (χ3n) is 5.02. The number of phenols is 1. The van der Waals surface area contributed by atoms with E-state index < -0.39 is 11.9 Å². The van der Waals surface area contributed by atoms with Crippen LogP contribution in [-0.2, 0) is 4.74 Å². The second-order valence-corrected chi connectivity index (χ2v) is 6.91. The molecular weight excluding hydrogens is 398 g/mol. The predicted molar refractivity (Wildman–Crippen MR) is 107 cm³/mol. The minimum atomic E-state index is -0.760. The first kappa shape index (κ1) is 21.3. The van der Waals surface area contributed by atoms with Crippen molar-refractivity contribution < 1.29 is 29.3 Å². The summed E-state index contributed by atoms with van der Waals surface area (Å²) in [5, 5.41) is 20.5. The van der Waals surface area contributed by atoms with Crippen LogP contribution in [0.25, 0.3) is 0 Å².